The van der Waals surface area contributed by atoms with Crippen LogP contribution in [0.1, 0.15) is 0 Å². The van der Waals surface area contributed by atoms with E-state index in [1.165, 1.54) is 0 Å². The first-order chi connectivity index (χ1) is 0. The Morgan fingerprint density at radius 2 is 0.333 bits per heavy atom. The molecule has 0 atom stereocenters. The molecule has 0 aliphatic heterocycles. The van der Waals surface area contributed by atoms with Gasteiger partial charge in [0.1, 0.15) is 0 Å². The van der Waals surface area contributed by atoms with E-state index in [1.807, 2.05) is 0 Å². The Labute approximate surface area is 75.2 Å². The summed E-state index contributed by atoms with van der Waals surface area (Å²) in [5.74, 6) is 0. The summed E-state index contributed by atoms with van der Waals surface area (Å²) in [7, 11) is 0. The number of hydrogen-bond acceptors (Lipinski definition) is 0. The van der Waals surface area contributed by atoms with Crippen LogP contribution in [0.15, 0.2) is 0 Å². The van der Waals surface area contributed by atoms with Gasteiger partial charge in [-0.1, -0.05) is 0 Å². The smallest absolute Gasteiger partial charge is 0 e. The summed E-state index contributed by atoms with van der Waals surface area (Å²) < 4.78 is 0. The molecule has 0 radical (unpaired) electrons. The zero-order chi connectivity index (χ0) is 0. The van der Waals surface area contributed by atoms with E-state index < -0.39 is 0 Å². The third kappa shape index (κ3) is 564. The first-order valence-electron chi connectivity index (χ1n) is 0. The Balaban J connectivity index is 0. The Kier molecular flexibility index (Phi) is 86200. The summed E-state index contributed by atoms with van der Waals surface area (Å²) in [5.41, 5.74) is 0. The SMILES string of the molecule is Cl.Cl.O.O.O.O.O.O.[Fe]. The summed E-state index contributed by atoms with van der Waals surface area (Å²) in [6.45, 7) is 0. The van der Waals surface area contributed by atoms with Gasteiger partial charge in [-0.25, -0.2) is 0 Å². The number of halogens is 2. The second-order valence-corrected chi connectivity index (χ2v) is 0. The molecule has 0 aromatic carbocycles. The molecular formula is H14Cl2FeO6. The average Bonchev–Trinajstić information content (AvgIpc) is 0. The molecule has 9 heavy (non-hydrogen) atoms. The molecule has 6 nitrogen and oxygen atoms in total. The number of hydrogen-bond donors (Lipinski definition) is 0. The van der Waals surface area contributed by atoms with E-state index in [1.54, 1.807) is 0 Å². The molecule has 72 valence electrons. The molecule has 0 aliphatic carbocycles. The van der Waals surface area contributed by atoms with Gasteiger partial charge in [-0.05, 0) is 0 Å². The molecule has 0 rings (SSSR count). The van der Waals surface area contributed by atoms with Crippen LogP contribution in [0.3, 0.4) is 0 Å². The monoisotopic (exact) mass is 236 g/mol. The topological polar surface area (TPSA) is 189 Å². The van der Waals surface area contributed by atoms with Gasteiger partial charge in [-0.15, -0.1) is 24.8 Å². The van der Waals surface area contributed by atoms with Gasteiger partial charge in [0.15, 0.2) is 0 Å². The van der Waals surface area contributed by atoms with Crippen LogP contribution in [0.25, 0.3) is 0 Å². The minimum Gasteiger partial charge on any atom is -0.412 e. The Morgan fingerprint density at radius 1 is 0.333 bits per heavy atom. The third-order valence-electron chi connectivity index (χ3n) is 0. The zero-order valence-corrected chi connectivity index (χ0v) is 6.91. The van der Waals surface area contributed by atoms with Gasteiger partial charge in [-0.3, -0.25) is 0 Å². The fraction of sp³-hybridized carbons (Fsp3) is 0. The maximum atomic E-state index is 0. The quantitative estimate of drug-likeness (QED) is 0.370. The van der Waals surface area contributed by atoms with Crippen molar-refractivity contribution >= 4 is 24.8 Å². The van der Waals surface area contributed by atoms with Crippen LogP contribution < -0.4 is 0 Å². The van der Waals surface area contributed by atoms with E-state index >= 15 is 0 Å². The van der Waals surface area contributed by atoms with Gasteiger partial charge < -0.3 is 32.9 Å². The Hall–Kier alpha value is 0.859. The summed E-state index contributed by atoms with van der Waals surface area (Å²) in [5, 5.41) is 0. The van der Waals surface area contributed by atoms with Crippen LogP contribution in [0.4, 0.5) is 0 Å². The predicted molar refractivity (Wildman–Crippen MR) is 36.2 cm³/mol. The normalized spacial score (nSPS) is 0. The van der Waals surface area contributed by atoms with Gasteiger partial charge in [0, 0.05) is 17.1 Å². The molecule has 12 N–H and O–H groups in total. The molecule has 0 aromatic heterocycles. The molecule has 9 heteroatoms. The first-order valence-corrected chi connectivity index (χ1v) is 0. The van der Waals surface area contributed by atoms with Crippen LogP contribution >= 0.6 is 24.8 Å². The molecule has 0 fully saturated rings. The van der Waals surface area contributed by atoms with Crippen molar-refractivity contribution in [3.05, 3.63) is 0 Å². The van der Waals surface area contributed by atoms with E-state index in [-0.39, 0.29) is 74.7 Å². The molecular weight excluding hydrogens is 223 g/mol. The van der Waals surface area contributed by atoms with Crippen LogP contribution in [-0.4, -0.2) is 32.9 Å². The van der Waals surface area contributed by atoms with Crippen molar-refractivity contribution in [3.63, 3.8) is 0 Å². The van der Waals surface area contributed by atoms with Crippen LogP contribution in [-0.2, 0) is 17.1 Å². The zero-order valence-electron chi connectivity index (χ0n) is 4.17. The predicted octanol–water partition coefficient (Wildman–Crippen LogP) is -4.11. The van der Waals surface area contributed by atoms with Gasteiger partial charge in [0.05, 0.1) is 0 Å². The van der Waals surface area contributed by atoms with E-state index in [0.29, 0.717) is 0 Å². The minimum absolute atomic E-state index is 0. The third-order valence-corrected chi connectivity index (χ3v) is 0. The second kappa shape index (κ2) is 741. The Morgan fingerprint density at radius 3 is 0.333 bits per heavy atom. The fourth-order valence-electron chi connectivity index (χ4n) is 0. The molecule has 0 aliphatic rings. The van der Waals surface area contributed by atoms with E-state index in [9.17, 15) is 0 Å². The van der Waals surface area contributed by atoms with Crippen LogP contribution in [0.5, 0.6) is 0 Å². The second-order valence-electron chi connectivity index (χ2n) is 0. The van der Waals surface area contributed by atoms with Gasteiger partial charge in [0.2, 0.25) is 0 Å². The van der Waals surface area contributed by atoms with E-state index in [0.717, 1.165) is 0 Å². The Bertz CT molecular complexity index is 11.0. The van der Waals surface area contributed by atoms with Gasteiger partial charge in [0.25, 0.3) is 0 Å². The first kappa shape index (κ1) is 1050. The fourth-order valence-corrected chi connectivity index (χ4v) is 0. The van der Waals surface area contributed by atoms with Crippen molar-refractivity contribution < 1.29 is 49.9 Å². The summed E-state index contributed by atoms with van der Waals surface area (Å²) >= 11 is 0. The maximum Gasteiger partial charge on any atom is 0 e. The summed E-state index contributed by atoms with van der Waals surface area (Å²) in [6.07, 6.45) is 0. The van der Waals surface area contributed by atoms with Gasteiger partial charge >= 0.3 is 0 Å². The van der Waals surface area contributed by atoms with E-state index in [2.05, 4.69) is 0 Å². The standard InChI is InChI=1S/2ClH.Fe.6H2O/h2*1H;;6*1H2. The molecule has 0 bridgehead atoms. The van der Waals surface area contributed by atoms with Crippen LogP contribution in [0, 0.1) is 0 Å². The number of rotatable bonds is 0. The average molecular weight is 237 g/mol. The largest absolute Gasteiger partial charge is 0.412 e. The summed E-state index contributed by atoms with van der Waals surface area (Å²) in [4.78, 5) is 0. The maximum absolute atomic E-state index is 0. The van der Waals surface area contributed by atoms with Crippen molar-refractivity contribution in [2.45, 2.75) is 0 Å². The molecule has 0 saturated heterocycles. The van der Waals surface area contributed by atoms with Crippen molar-refractivity contribution in [1.82, 2.24) is 0 Å². The van der Waals surface area contributed by atoms with Crippen LogP contribution in [0.2, 0.25) is 0 Å². The molecule has 0 aromatic rings. The van der Waals surface area contributed by atoms with E-state index in [4.69, 9.17) is 0 Å². The molecule has 0 heterocycles. The molecule has 0 amide bonds. The molecule has 0 spiro atoms. The van der Waals surface area contributed by atoms with Crippen molar-refractivity contribution in [2.75, 3.05) is 0 Å². The van der Waals surface area contributed by atoms with Crippen molar-refractivity contribution in [2.24, 2.45) is 0 Å². The molecule has 0 saturated carbocycles. The summed E-state index contributed by atoms with van der Waals surface area (Å²) in [6, 6.07) is 0. The van der Waals surface area contributed by atoms with Crippen molar-refractivity contribution in [1.29, 1.82) is 0 Å². The minimum atomic E-state index is 0. The van der Waals surface area contributed by atoms with Gasteiger partial charge in [-0.2, -0.15) is 0 Å². The molecule has 0 unspecified atom stereocenters. The van der Waals surface area contributed by atoms with Crippen molar-refractivity contribution in [3.8, 4) is 0 Å².